The van der Waals surface area contributed by atoms with E-state index in [9.17, 15) is 4.79 Å². The Bertz CT molecular complexity index is 260. The molecule has 2 aliphatic rings. The van der Waals surface area contributed by atoms with E-state index in [1.807, 2.05) is 11.8 Å². The molecule has 98 valence electrons. The molecule has 2 N–H and O–H groups in total. The van der Waals surface area contributed by atoms with Crippen LogP contribution in [0, 0.1) is 5.92 Å². The van der Waals surface area contributed by atoms with E-state index in [0.29, 0.717) is 11.3 Å². The number of amides is 1. The van der Waals surface area contributed by atoms with Gasteiger partial charge >= 0.3 is 0 Å². The van der Waals surface area contributed by atoms with E-state index >= 15 is 0 Å². The van der Waals surface area contributed by atoms with E-state index in [1.165, 1.54) is 38.5 Å². The molecule has 17 heavy (non-hydrogen) atoms. The lowest BCUT2D eigenvalue weighted by atomic mass is 10.1. The number of thioether (sulfide) groups is 1. The Morgan fingerprint density at radius 1 is 1.35 bits per heavy atom. The molecule has 0 heterocycles. The van der Waals surface area contributed by atoms with E-state index < -0.39 is 0 Å². The SMILES string of the molecule is CSC1(CNC(=O)CNCC2CC2)CCCC1. The van der Waals surface area contributed by atoms with Crippen molar-refractivity contribution in [1.29, 1.82) is 0 Å². The third-order valence-electron chi connectivity index (χ3n) is 3.97. The monoisotopic (exact) mass is 256 g/mol. The third kappa shape index (κ3) is 4.18. The second-order valence-corrected chi connectivity index (χ2v) is 6.72. The summed E-state index contributed by atoms with van der Waals surface area (Å²) in [6.45, 7) is 2.35. The van der Waals surface area contributed by atoms with Gasteiger partial charge in [0.15, 0.2) is 0 Å². The normalized spacial score (nSPS) is 22.6. The molecular weight excluding hydrogens is 232 g/mol. The van der Waals surface area contributed by atoms with Crippen LogP contribution in [0.15, 0.2) is 0 Å². The Balaban J connectivity index is 1.60. The van der Waals surface area contributed by atoms with Gasteiger partial charge in [0.1, 0.15) is 0 Å². The molecule has 0 aromatic carbocycles. The predicted octanol–water partition coefficient (Wildman–Crippen LogP) is 1.78. The first-order chi connectivity index (χ1) is 8.24. The molecular formula is C13H24N2OS. The Labute approximate surface area is 108 Å². The molecule has 0 aromatic rings. The second-order valence-electron chi connectivity index (χ2n) is 5.45. The highest BCUT2D eigenvalue weighted by Gasteiger charge is 2.33. The lowest BCUT2D eigenvalue weighted by Crippen LogP contribution is -2.42. The summed E-state index contributed by atoms with van der Waals surface area (Å²) >= 11 is 1.93. The van der Waals surface area contributed by atoms with Gasteiger partial charge < -0.3 is 10.6 Å². The first-order valence-electron chi connectivity index (χ1n) is 6.77. The summed E-state index contributed by atoms with van der Waals surface area (Å²) in [6.07, 6.45) is 9.98. The van der Waals surface area contributed by atoms with Gasteiger partial charge in [0.05, 0.1) is 6.54 Å². The zero-order valence-electron chi connectivity index (χ0n) is 10.8. The molecule has 3 nitrogen and oxygen atoms in total. The summed E-state index contributed by atoms with van der Waals surface area (Å²) in [5.41, 5.74) is 0. The molecule has 0 radical (unpaired) electrons. The highest BCUT2D eigenvalue weighted by molar-refractivity contribution is 8.00. The molecule has 0 saturated heterocycles. The molecule has 2 saturated carbocycles. The van der Waals surface area contributed by atoms with Crippen LogP contribution in [0.5, 0.6) is 0 Å². The van der Waals surface area contributed by atoms with Crippen LogP contribution in [0.2, 0.25) is 0 Å². The number of hydrogen-bond donors (Lipinski definition) is 2. The topological polar surface area (TPSA) is 41.1 Å². The van der Waals surface area contributed by atoms with Gasteiger partial charge in [-0.3, -0.25) is 4.79 Å². The van der Waals surface area contributed by atoms with Crippen molar-refractivity contribution in [2.45, 2.75) is 43.3 Å². The van der Waals surface area contributed by atoms with Crippen molar-refractivity contribution in [2.24, 2.45) is 5.92 Å². The second kappa shape index (κ2) is 6.10. The van der Waals surface area contributed by atoms with Crippen molar-refractivity contribution < 1.29 is 4.79 Å². The summed E-state index contributed by atoms with van der Waals surface area (Å²) in [4.78, 5) is 11.7. The molecule has 0 bridgehead atoms. The zero-order valence-corrected chi connectivity index (χ0v) is 11.6. The van der Waals surface area contributed by atoms with Crippen molar-refractivity contribution in [3.63, 3.8) is 0 Å². The van der Waals surface area contributed by atoms with Crippen LogP contribution in [0.4, 0.5) is 0 Å². The lowest BCUT2D eigenvalue weighted by molar-refractivity contribution is -0.120. The summed E-state index contributed by atoms with van der Waals surface area (Å²) < 4.78 is 0.326. The minimum atomic E-state index is 0.158. The van der Waals surface area contributed by atoms with Gasteiger partial charge in [-0.25, -0.2) is 0 Å². The molecule has 2 fully saturated rings. The predicted molar refractivity (Wildman–Crippen MR) is 73.3 cm³/mol. The van der Waals surface area contributed by atoms with Crippen LogP contribution in [0.1, 0.15) is 38.5 Å². The van der Waals surface area contributed by atoms with Crippen LogP contribution in [0.3, 0.4) is 0 Å². The van der Waals surface area contributed by atoms with Crippen molar-refractivity contribution in [2.75, 3.05) is 25.9 Å². The average molecular weight is 256 g/mol. The summed E-state index contributed by atoms with van der Waals surface area (Å²) in [5, 5.41) is 6.32. The maximum Gasteiger partial charge on any atom is 0.234 e. The third-order valence-corrected chi connectivity index (χ3v) is 5.39. The van der Waals surface area contributed by atoms with Crippen molar-refractivity contribution in [1.82, 2.24) is 10.6 Å². The van der Waals surface area contributed by atoms with E-state index in [0.717, 1.165) is 19.0 Å². The molecule has 0 spiro atoms. The van der Waals surface area contributed by atoms with E-state index in [2.05, 4.69) is 16.9 Å². The maximum absolute atomic E-state index is 11.7. The van der Waals surface area contributed by atoms with Gasteiger partial charge in [-0.1, -0.05) is 12.8 Å². The fourth-order valence-electron chi connectivity index (χ4n) is 2.51. The van der Waals surface area contributed by atoms with Gasteiger partial charge in [0.2, 0.25) is 5.91 Å². The number of carbonyl (C=O) groups excluding carboxylic acids is 1. The lowest BCUT2D eigenvalue weighted by Gasteiger charge is -2.26. The minimum Gasteiger partial charge on any atom is -0.354 e. The van der Waals surface area contributed by atoms with Gasteiger partial charge in [-0.05, 0) is 44.4 Å². The van der Waals surface area contributed by atoms with Crippen LogP contribution in [-0.2, 0) is 4.79 Å². The van der Waals surface area contributed by atoms with Crippen molar-refractivity contribution in [3.8, 4) is 0 Å². The quantitative estimate of drug-likeness (QED) is 0.729. The van der Waals surface area contributed by atoms with Crippen LogP contribution < -0.4 is 10.6 Å². The molecule has 2 rings (SSSR count). The van der Waals surface area contributed by atoms with Crippen LogP contribution in [-0.4, -0.2) is 36.5 Å². The van der Waals surface area contributed by atoms with E-state index in [-0.39, 0.29) is 5.91 Å². The van der Waals surface area contributed by atoms with Gasteiger partial charge in [-0.15, -0.1) is 0 Å². The van der Waals surface area contributed by atoms with Gasteiger partial charge in [-0.2, -0.15) is 11.8 Å². The molecule has 0 unspecified atom stereocenters. The Morgan fingerprint density at radius 3 is 2.65 bits per heavy atom. The Hall–Kier alpha value is -0.220. The average Bonchev–Trinajstić information content (AvgIpc) is 3.04. The molecule has 0 aromatic heterocycles. The van der Waals surface area contributed by atoms with Crippen LogP contribution in [0.25, 0.3) is 0 Å². The van der Waals surface area contributed by atoms with E-state index in [4.69, 9.17) is 0 Å². The molecule has 2 aliphatic carbocycles. The largest absolute Gasteiger partial charge is 0.354 e. The standard InChI is InChI=1S/C13H24N2OS/c1-17-13(6-2-3-7-13)10-15-12(16)9-14-8-11-4-5-11/h11,14H,2-10H2,1H3,(H,15,16). The summed E-state index contributed by atoms with van der Waals surface area (Å²) in [6, 6.07) is 0. The fourth-order valence-corrected chi connectivity index (χ4v) is 3.42. The molecule has 1 amide bonds. The molecule has 0 atom stereocenters. The first kappa shape index (κ1) is 13.2. The van der Waals surface area contributed by atoms with E-state index in [1.54, 1.807) is 0 Å². The summed E-state index contributed by atoms with van der Waals surface area (Å²) in [7, 11) is 0. The number of hydrogen-bond acceptors (Lipinski definition) is 3. The smallest absolute Gasteiger partial charge is 0.234 e. The van der Waals surface area contributed by atoms with Crippen LogP contribution >= 0.6 is 11.8 Å². The van der Waals surface area contributed by atoms with Gasteiger partial charge in [0, 0.05) is 11.3 Å². The first-order valence-corrected chi connectivity index (χ1v) is 7.99. The highest BCUT2D eigenvalue weighted by atomic mass is 32.2. The molecule has 4 heteroatoms. The fraction of sp³-hybridized carbons (Fsp3) is 0.923. The Morgan fingerprint density at radius 2 is 2.06 bits per heavy atom. The minimum absolute atomic E-state index is 0.158. The number of carbonyl (C=O) groups is 1. The molecule has 0 aliphatic heterocycles. The van der Waals surface area contributed by atoms with Crippen molar-refractivity contribution >= 4 is 17.7 Å². The summed E-state index contributed by atoms with van der Waals surface area (Å²) in [5.74, 6) is 1.00. The Kier molecular flexibility index (Phi) is 4.74. The maximum atomic E-state index is 11.7. The zero-order chi connectivity index (χ0) is 12.1. The van der Waals surface area contributed by atoms with Crippen molar-refractivity contribution in [3.05, 3.63) is 0 Å². The number of rotatable bonds is 7. The number of nitrogens with one attached hydrogen (secondary N) is 2. The van der Waals surface area contributed by atoms with Gasteiger partial charge in [0.25, 0.3) is 0 Å². The highest BCUT2D eigenvalue weighted by Crippen LogP contribution is 2.39.